The summed E-state index contributed by atoms with van der Waals surface area (Å²) in [5.41, 5.74) is 4.40. The lowest BCUT2D eigenvalue weighted by atomic mass is 10.0. The zero-order chi connectivity index (χ0) is 19.4. The Morgan fingerprint density at radius 3 is 2.41 bits per heavy atom. The standard InChI is InChI=1S/C22H26O5/c1-5-25-19-7-6-8-20(27-22(23)24-4)18(19)13-26-21-12-15(3)14(2)11-17(21)16-9-10-16/h6-8,11-12,16H,5,9-10,13H2,1-4H3. The van der Waals surface area contributed by atoms with Crippen LogP contribution in [0.4, 0.5) is 4.79 Å². The molecule has 0 bridgehead atoms. The molecule has 1 aliphatic carbocycles. The van der Waals surface area contributed by atoms with Crippen molar-refractivity contribution in [2.24, 2.45) is 0 Å². The minimum Gasteiger partial charge on any atom is -0.493 e. The fourth-order valence-corrected chi connectivity index (χ4v) is 3.01. The Balaban J connectivity index is 1.89. The Hall–Kier alpha value is -2.69. The second kappa shape index (κ2) is 8.33. The van der Waals surface area contributed by atoms with Crippen LogP contribution < -0.4 is 14.2 Å². The van der Waals surface area contributed by atoms with E-state index in [4.69, 9.17) is 14.2 Å². The SMILES string of the molecule is CCOc1cccc(OC(=O)OC)c1COc1cc(C)c(C)cc1C1CC1. The molecule has 0 radical (unpaired) electrons. The maximum Gasteiger partial charge on any atom is 0.513 e. The van der Waals surface area contributed by atoms with E-state index in [0.717, 1.165) is 5.75 Å². The van der Waals surface area contributed by atoms with Gasteiger partial charge in [0, 0.05) is 0 Å². The Morgan fingerprint density at radius 1 is 1.04 bits per heavy atom. The molecule has 3 rings (SSSR count). The van der Waals surface area contributed by atoms with Crippen LogP contribution in [0.25, 0.3) is 0 Å². The van der Waals surface area contributed by atoms with Gasteiger partial charge in [0.2, 0.25) is 0 Å². The Labute approximate surface area is 160 Å². The summed E-state index contributed by atoms with van der Waals surface area (Å²) in [4.78, 5) is 11.6. The van der Waals surface area contributed by atoms with Crippen molar-refractivity contribution < 1.29 is 23.7 Å². The third-order valence-corrected chi connectivity index (χ3v) is 4.77. The molecule has 5 nitrogen and oxygen atoms in total. The fraction of sp³-hybridized carbons (Fsp3) is 0.409. The molecule has 1 saturated carbocycles. The number of carbonyl (C=O) groups excluding carboxylic acids is 1. The lowest BCUT2D eigenvalue weighted by Gasteiger charge is -2.17. The number of ether oxygens (including phenoxy) is 4. The van der Waals surface area contributed by atoms with Gasteiger partial charge < -0.3 is 18.9 Å². The summed E-state index contributed by atoms with van der Waals surface area (Å²) in [6, 6.07) is 9.64. The lowest BCUT2D eigenvalue weighted by Crippen LogP contribution is -2.11. The topological polar surface area (TPSA) is 54.0 Å². The van der Waals surface area contributed by atoms with Gasteiger partial charge in [-0.1, -0.05) is 12.1 Å². The van der Waals surface area contributed by atoms with Crippen LogP contribution in [-0.4, -0.2) is 19.9 Å². The molecule has 0 atom stereocenters. The highest BCUT2D eigenvalue weighted by atomic mass is 16.7. The third kappa shape index (κ3) is 4.54. The number of hydrogen-bond donors (Lipinski definition) is 0. The van der Waals surface area contributed by atoms with Crippen LogP contribution in [0, 0.1) is 13.8 Å². The number of hydrogen-bond acceptors (Lipinski definition) is 5. The highest BCUT2D eigenvalue weighted by Crippen LogP contribution is 2.45. The summed E-state index contributed by atoms with van der Waals surface area (Å²) in [7, 11) is 1.28. The average Bonchev–Trinajstić information content (AvgIpc) is 3.49. The lowest BCUT2D eigenvalue weighted by molar-refractivity contribution is 0.120. The molecule has 1 fully saturated rings. The number of carbonyl (C=O) groups is 1. The number of methoxy groups -OCH3 is 1. The van der Waals surface area contributed by atoms with Crippen LogP contribution in [0.1, 0.15) is 47.9 Å². The van der Waals surface area contributed by atoms with Crippen molar-refractivity contribution in [3.05, 3.63) is 52.6 Å². The van der Waals surface area contributed by atoms with E-state index in [1.54, 1.807) is 12.1 Å². The van der Waals surface area contributed by atoms with Gasteiger partial charge in [0.05, 0.1) is 19.3 Å². The highest BCUT2D eigenvalue weighted by Gasteiger charge is 2.27. The molecule has 1 aliphatic rings. The van der Waals surface area contributed by atoms with Gasteiger partial charge in [-0.25, -0.2) is 4.79 Å². The number of rotatable bonds is 7. The van der Waals surface area contributed by atoms with Crippen LogP contribution in [0.5, 0.6) is 17.2 Å². The van der Waals surface area contributed by atoms with E-state index >= 15 is 0 Å². The van der Waals surface area contributed by atoms with Crippen molar-refractivity contribution in [2.45, 2.75) is 46.1 Å². The molecular formula is C22H26O5. The van der Waals surface area contributed by atoms with Crippen molar-refractivity contribution in [3.63, 3.8) is 0 Å². The number of aryl methyl sites for hydroxylation is 2. The molecule has 27 heavy (non-hydrogen) atoms. The van der Waals surface area contributed by atoms with Crippen molar-refractivity contribution in [1.29, 1.82) is 0 Å². The molecule has 0 heterocycles. The fourth-order valence-electron chi connectivity index (χ4n) is 3.01. The average molecular weight is 370 g/mol. The van der Waals surface area contributed by atoms with E-state index in [0.29, 0.717) is 29.6 Å². The monoisotopic (exact) mass is 370 g/mol. The second-order valence-electron chi connectivity index (χ2n) is 6.76. The van der Waals surface area contributed by atoms with Crippen molar-refractivity contribution in [2.75, 3.05) is 13.7 Å². The summed E-state index contributed by atoms with van der Waals surface area (Å²) in [5, 5.41) is 0. The van der Waals surface area contributed by atoms with Crippen LogP contribution in [0.3, 0.4) is 0 Å². The molecule has 0 saturated heterocycles. The van der Waals surface area contributed by atoms with Crippen LogP contribution in [0.2, 0.25) is 0 Å². The minimum absolute atomic E-state index is 0.241. The zero-order valence-electron chi connectivity index (χ0n) is 16.3. The predicted molar refractivity (Wildman–Crippen MR) is 103 cm³/mol. The first-order chi connectivity index (χ1) is 13.0. The largest absolute Gasteiger partial charge is 0.513 e. The molecule has 5 heteroatoms. The van der Waals surface area contributed by atoms with Gasteiger partial charge >= 0.3 is 6.16 Å². The van der Waals surface area contributed by atoms with Crippen LogP contribution in [0.15, 0.2) is 30.3 Å². The molecule has 0 aromatic heterocycles. The first-order valence-corrected chi connectivity index (χ1v) is 9.27. The molecule has 0 aliphatic heterocycles. The Kier molecular flexibility index (Phi) is 5.89. The van der Waals surface area contributed by atoms with Crippen LogP contribution >= 0.6 is 0 Å². The van der Waals surface area contributed by atoms with E-state index in [1.165, 1.54) is 36.6 Å². The van der Waals surface area contributed by atoms with E-state index in [2.05, 4.69) is 30.7 Å². The van der Waals surface area contributed by atoms with E-state index < -0.39 is 6.16 Å². The quantitative estimate of drug-likeness (QED) is 0.489. The van der Waals surface area contributed by atoms with Gasteiger partial charge in [-0.15, -0.1) is 0 Å². The maximum absolute atomic E-state index is 11.6. The summed E-state index contributed by atoms with van der Waals surface area (Å²) < 4.78 is 21.8. The predicted octanol–water partition coefficient (Wildman–Crippen LogP) is 5.30. The normalized spacial score (nSPS) is 13.2. The van der Waals surface area contributed by atoms with Crippen molar-refractivity contribution in [3.8, 4) is 17.2 Å². The van der Waals surface area contributed by atoms with Gasteiger partial charge in [-0.2, -0.15) is 0 Å². The molecule has 2 aromatic carbocycles. The highest BCUT2D eigenvalue weighted by molar-refractivity contribution is 5.65. The molecule has 2 aromatic rings. The van der Waals surface area contributed by atoms with Gasteiger partial charge in [0.1, 0.15) is 23.9 Å². The third-order valence-electron chi connectivity index (χ3n) is 4.77. The Bertz CT molecular complexity index is 824. The van der Waals surface area contributed by atoms with E-state index in [-0.39, 0.29) is 6.61 Å². The smallest absolute Gasteiger partial charge is 0.493 e. The number of benzene rings is 2. The summed E-state index contributed by atoms with van der Waals surface area (Å²) in [5.74, 6) is 2.48. The first-order valence-electron chi connectivity index (χ1n) is 9.27. The maximum atomic E-state index is 11.6. The van der Waals surface area contributed by atoms with Crippen molar-refractivity contribution >= 4 is 6.16 Å². The van der Waals surface area contributed by atoms with Crippen LogP contribution in [-0.2, 0) is 11.3 Å². The molecule has 144 valence electrons. The Morgan fingerprint density at radius 2 is 1.74 bits per heavy atom. The van der Waals surface area contributed by atoms with E-state index in [9.17, 15) is 4.79 Å². The first kappa shape index (κ1) is 19.1. The van der Waals surface area contributed by atoms with Gasteiger partial charge in [-0.05, 0) is 74.4 Å². The van der Waals surface area contributed by atoms with Crippen molar-refractivity contribution in [1.82, 2.24) is 0 Å². The molecular weight excluding hydrogens is 344 g/mol. The molecule has 0 spiro atoms. The van der Waals surface area contributed by atoms with Gasteiger partial charge in [0.15, 0.2) is 0 Å². The second-order valence-corrected chi connectivity index (χ2v) is 6.76. The molecule has 0 N–H and O–H groups in total. The summed E-state index contributed by atoms with van der Waals surface area (Å²) >= 11 is 0. The molecule has 0 unspecified atom stereocenters. The van der Waals surface area contributed by atoms with E-state index in [1.807, 2.05) is 13.0 Å². The summed E-state index contributed by atoms with van der Waals surface area (Å²) in [6.07, 6.45) is 1.63. The summed E-state index contributed by atoms with van der Waals surface area (Å²) in [6.45, 7) is 6.86. The van der Waals surface area contributed by atoms with Gasteiger partial charge in [-0.3, -0.25) is 0 Å². The molecule has 0 amide bonds. The zero-order valence-corrected chi connectivity index (χ0v) is 16.3. The minimum atomic E-state index is -0.769. The van der Waals surface area contributed by atoms with Gasteiger partial charge in [0.25, 0.3) is 0 Å².